The van der Waals surface area contributed by atoms with Crippen molar-refractivity contribution < 1.29 is 19.4 Å². The molecule has 0 fully saturated rings. The highest BCUT2D eigenvalue weighted by Crippen LogP contribution is 2.45. The van der Waals surface area contributed by atoms with E-state index >= 15 is 0 Å². The summed E-state index contributed by atoms with van der Waals surface area (Å²) >= 11 is 0. The average Bonchev–Trinajstić information content (AvgIpc) is 2.88. The Labute approximate surface area is 178 Å². The molecule has 1 aliphatic rings. The Morgan fingerprint density at radius 2 is 1.83 bits per heavy atom. The van der Waals surface area contributed by atoms with Crippen LogP contribution in [0.3, 0.4) is 0 Å². The van der Waals surface area contributed by atoms with Gasteiger partial charge in [0.05, 0.1) is 18.8 Å². The number of hydrogen-bond acceptors (Lipinski definition) is 4. The van der Waals surface area contributed by atoms with Crippen molar-refractivity contribution in [2.24, 2.45) is 0 Å². The number of aliphatic hydroxyl groups is 1. The Bertz CT molecular complexity index is 935. The van der Waals surface area contributed by atoms with Gasteiger partial charge in [-0.3, -0.25) is 9.59 Å². The van der Waals surface area contributed by atoms with E-state index in [1.54, 1.807) is 4.90 Å². The van der Waals surface area contributed by atoms with Crippen LogP contribution in [-0.4, -0.2) is 23.4 Å². The lowest BCUT2D eigenvalue weighted by molar-refractivity contribution is -0.141. The zero-order valence-corrected chi connectivity index (χ0v) is 18.3. The van der Waals surface area contributed by atoms with Crippen molar-refractivity contribution in [3.05, 3.63) is 58.7 Å². The smallest absolute Gasteiger partial charge is 0.264 e. The summed E-state index contributed by atoms with van der Waals surface area (Å²) in [5, 5.41) is 11.2. The summed E-state index contributed by atoms with van der Waals surface area (Å²) in [4.78, 5) is 26.7. The number of carbonyl (C=O) groups excluding carboxylic acids is 2. The third-order valence-electron chi connectivity index (χ3n) is 5.54. The van der Waals surface area contributed by atoms with Crippen molar-refractivity contribution in [1.82, 2.24) is 0 Å². The molecule has 2 aromatic rings. The van der Waals surface area contributed by atoms with E-state index in [2.05, 4.69) is 6.92 Å². The summed E-state index contributed by atoms with van der Waals surface area (Å²) in [7, 11) is 0. The number of benzene rings is 2. The predicted octanol–water partition coefficient (Wildman–Crippen LogP) is 4.59. The molecular formula is C25H31NO4. The van der Waals surface area contributed by atoms with Gasteiger partial charge in [-0.05, 0) is 50.5 Å². The number of Topliss-reactive ketones (excluding diaryl/α,β-unsaturated/α-hetero) is 1. The van der Waals surface area contributed by atoms with E-state index in [0.29, 0.717) is 24.4 Å². The minimum Gasteiger partial charge on any atom is -0.494 e. The van der Waals surface area contributed by atoms with E-state index in [-0.39, 0.29) is 12.2 Å². The molecule has 0 spiro atoms. The molecule has 160 valence electrons. The van der Waals surface area contributed by atoms with Crippen LogP contribution >= 0.6 is 0 Å². The topological polar surface area (TPSA) is 66.8 Å². The number of rotatable bonds is 9. The fourth-order valence-corrected chi connectivity index (χ4v) is 4.17. The highest BCUT2D eigenvalue weighted by molar-refractivity contribution is 6.09. The molecule has 0 saturated heterocycles. The monoisotopic (exact) mass is 409 g/mol. The third-order valence-corrected chi connectivity index (χ3v) is 5.54. The predicted molar refractivity (Wildman–Crippen MR) is 118 cm³/mol. The SMILES string of the molecule is CCCCCOc1ccc(CN2C(=O)C(O)(CC(C)=O)c3cc(C)cc(C)c32)cc1. The second-order valence-electron chi connectivity index (χ2n) is 8.31. The lowest BCUT2D eigenvalue weighted by Gasteiger charge is -2.22. The summed E-state index contributed by atoms with van der Waals surface area (Å²) in [6.07, 6.45) is 3.12. The Hall–Kier alpha value is -2.66. The minimum absolute atomic E-state index is 0.219. The van der Waals surface area contributed by atoms with Crippen LogP contribution in [0.2, 0.25) is 0 Å². The first kappa shape index (κ1) is 22.0. The van der Waals surface area contributed by atoms with Gasteiger partial charge in [0, 0.05) is 12.0 Å². The third kappa shape index (κ3) is 4.41. The van der Waals surface area contributed by atoms with Crippen molar-refractivity contribution in [3.8, 4) is 5.75 Å². The van der Waals surface area contributed by atoms with E-state index in [9.17, 15) is 14.7 Å². The standard InChI is InChI=1S/C25H31NO4/c1-5-6-7-12-30-21-10-8-20(9-11-21)16-26-23-18(3)13-17(2)14-22(23)25(29,24(26)28)15-19(4)27/h8-11,13-14,29H,5-7,12,15-16H2,1-4H3. The highest BCUT2D eigenvalue weighted by Gasteiger charge is 2.51. The van der Waals surface area contributed by atoms with Crippen molar-refractivity contribution in [2.75, 3.05) is 11.5 Å². The molecule has 1 heterocycles. The van der Waals surface area contributed by atoms with E-state index in [1.807, 2.05) is 50.2 Å². The Kier molecular flexibility index (Phi) is 6.61. The zero-order valence-electron chi connectivity index (χ0n) is 18.3. The molecule has 2 aromatic carbocycles. The molecule has 5 nitrogen and oxygen atoms in total. The number of unbranched alkanes of at least 4 members (excludes halogenated alkanes) is 2. The van der Waals surface area contributed by atoms with Crippen LogP contribution in [0.1, 0.15) is 61.8 Å². The molecule has 0 aliphatic carbocycles. The van der Waals surface area contributed by atoms with Gasteiger partial charge in [-0.25, -0.2) is 0 Å². The first-order valence-corrected chi connectivity index (χ1v) is 10.6. The summed E-state index contributed by atoms with van der Waals surface area (Å²) in [5.74, 6) is 0.145. The van der Waals surface area contributed by atoms with E-state index < -0.39 is 11.5 Å². The van der Waals surface area contributed by atoms with Gasteiger partial charge in [-0.1, -0.05) is 49.6 Å². The van der Waals surface area contributed by atoms with Crippen LogP contribution in [0.5, 0.6) is 5.75 Å². The van der Waals surface area contributed by atoms with Crippen molar-refractivity contribution in [3.63, 3.8) is 0 Å². The Morgan fingerprint density at radius 3 is 2.47 bits per heavy atom. The number of carbonyl (C=O) groups is 2. The maximum atomic E-state index is 13.3. The number of fused-ring (bicyclic) bond motifs is 1. The van der Waals surface area contributed by atoms with Crippen molar-refractivity contribution >= 4 is 17.4 Å². The molecule has 0 radical (unpaired) electrons. The van der Waals surface area contributed by atoms with Crippen LogP contribution in [0.25, 0.3) is 0 Å². The summed E-state index contributed by atoms with van der Waals surface area (Å²) in [6.45, 7) is 8.43. The van der Waals surface area contributed by atoms with E-state index in [0.717, 1.165) is 41.7 Å². The molecular weight excluding hydrogens is 378 g/mol. The van der Waals surface area contributed by atoms with Gasteiger partial charge < -0.3 is 14.7 Å². The largest absolute Gasteiger partial charge is 0.494 e. The number of anilines is 1. The van der Waals surface area contributed by atoms with Crippen LogP contribution in [0.15, 0.2) is 36.4 Å². The van der Waals surface area contributed by atoms with Crippen molar-refractivity contribution in [2.45, 2.75) is 65.5 Å². The van der Waals surface area contributed by atoms with Crippen LogP contribution in [-0.2, 0) is 21.7 Å². The van der Waals surface area contributed by atoms with Gasteiger partial charge in [-0.15, -0.1) is 0 Å². The second kappa shape index (κ2) is 9.00. The van der Waals surface area contributed by atoms with E-state index in [1.165, 1.54) is 6.92 Å². The molecule has 1 amide bonds. The molecule has 30 heavy (non-hydrogen) atoms. The van der Waals surface area contributed by atoms with Gasteiger partial charge in [0.15, 0.2) is 5.60 Å². The lowest BCUT2D eigenvalue weighted by atomic mass is 9.88. The van der Waals surface area contributed by atoms with Crippen molar-refractivity contribution in [1.29, 1.82) is 0 Å². The fraction of sp³-hybridized carbons (Fsp3) is 0.440. The number of nitrogens with zero attached hydrogens (tertiary/aromatic N) is 1. The molecule has 0 saturated carbocycles. The van der Waals surface area contributed by atoms with Crippen LogP contribution < -0.4 is 9.64 Å². The maximum absolute atomic E-state index is 13.3. The van der Waals surface area contributed by atoms with Gasteiger partial charge in [0.1, 0.15) is 11.5 Å². The van der Waals surface area contributed by atoms with Crippen LogP contribution in [0.4, 0.5) is 5.69 Å². The van der Waals surface area contributed by atoms with Gasteiger partial charge >= 0.3 is 0 Å². The molecule has 1 N–H and O–H groups in total. The Morgan fingerprint density at radius 1 is 1.13 bits per heavy atom. The normalized spacial score (nSPS) is 17.9. The fourth-order valence-electron chi connectivity index (χ4n) is 4.17. The number of hydrogen-bond donors (Lipinski definition) is 1. The zero-order chi connectivity index (χ0) is 21.9. The number of ether oxygens (including phenoxy) is 1. The second-order valence-corrected chi connectivity index (χ2v) is 8.31. The molecule has 1 unspecified atom stereocenters. The van der Waals surface area contributed by atoms with Gasteiger partial charge in [0.2, 0.25) is 0 Å². The maximum Gasteiger partial charge on any atom is 0.264 e. The lowest BCUT2D eigenvalue weighted by Crippen LogP contribution is -2.41. The highest BCUT2D eigenvalue weighted by atomic mass is 16.5. The Balaban J connectivity index is 1.85. The van der Waals surface area contributed by atoms with Gasteiger partial charge in [-0.2, -0.15) is 0 Å². The molecule has 1 aliphatic heterocycles. The summed E-state index contributed by atoms with van der Waals surface area (Å²) in [6, 6.07) is 11.5. The van der Waals surface area contributed by atoms with Gasteiger partial charge in [0.25, 0.3) is 5.91 Å². The molecule has 1 atom stereocenters. The first-order valence-electron chi connectivity index (χ1n) is 10.6. The molecule has 0 bridgehead atoms. The number of ketones is 1. The van der Waals surface area contributed by atoms with E-state index in [4.69, 9.17) is 4.74 Å². The minimum atomic E-state index is -1.81. The first-order chi connectivity index (χ1) is 14.3. The molecule has 5 heteroatoms. The molecule has 0 aromatic heterocycles. The summed E-state index contributed by atoms with van der Waals surface area (Å²) in [5.41, 5.74) is 2.22. The summed E-state index contributed by atoms with van der Waals surface area (Å²) < 4.78 is 5.76. The number of aryl methyl sites for hydroxylation is 2. The van der Waals surface area contributed by atoms with Crippen LogP contribution in [0, 0.1) is 13.8 Å². The average molecular weight is 410 g/mol. The number of amides is 1. The quantitative estimate of drug-likeness (QED) is 0.616. The molecule has 3 rings (SSSR count).